The fourth-order valence-corrected chi connectivity index (χ4v) is 3.54. The van der Waals surface area contributed by atoms with E-state index in [1.54, 1.807) is 13.8 Å². The van der Waals surface area contributed by atoms with E-state index in [1.807, 2.05) is 0 Å². The number of nitrogens with zero attached hydrogens (tertiary/aromatic N) is 2. The van der Waals surface area contributed by atoms with Gasteiger partial charge in [-0.3, -0.25) is 19.5 Å². The molecule has 0 aliphatic carbocycles. The molecule has 6 nitrogen and oxygen atoms in total. The topological polar surface area (TPSA) is 78.3 Å². The van der Waals surface area contributed by atoms with Gasteiger partial charge < -0.3 is 4.42 Å². The van der Waals surface area contributed by atoms with Crippen LogP contribution in [-0.4, -0.2) is 9.49 Å². The molecule has 10 heteroatoms. The van der Waals surface area contributed by atoms with Gasteiger partial charge in [0, 0.05) is 11.6 Å². The summed E-state index contributed by atoms with van der Waals surface area (Å²) in [5, 5.41) is 11.2. The summed E-state index contributed by atoms with van der Waals surface area (Å²) in [4.78, 5) is 21.9. The van der Waals surface area contributed by atoms with Crippen LogP contribution in [0.4, 0.5) is 18.9 Å². The zero-order valence-corrected chi connectivity index (χ0v) is 13.8. The van der Waals surface area contributed by atoms with E-state index in [-0.39, 0.29) is 16.8 Å². The van der Waals surface area contributed by atoms with Crippen LogP contribution in [0, 0.1) is 24.0 Å². The van der Waals surface area contributed by atoms with Gasteiger partial charge in [-0.25, -0.2) is 0 Å². The van der Waals surface area contributed by atoms with Crippen LogP contribution in [0.25, 0.3) is 10.2 Å². The first-order valence-corrected chi connectivity index (χ1v) is 7.83. The van der Waals surface area contributed by atoms with Gasteiger partial charge in [-0.1, -0.05) is 11.3 Å². The molecule has 0 radical (unpaired) electrons. The monoisotopic (exact) mass is 372 g/mol. The van der Waals surface area contributed by atoms with Crippen LogP contribution < -0.4 is 4.87 Å². The van der Waals surface area contributed by atoms with E-state index in [0.717, 1.165) is 16.2 Å². The number of nitro benzene ring substituents is 1. The largest absolute Gasteiger partial charge is 0.469 e. The normalized spacial score (nSPS) is 12.0. The van der Waals surface area contributed by atoms with Gasteiger partial charge in [0.25, 0.3) is 5.69 Å². The number of benzene rings is 1. The molecule has 0 bridgehead atoms. The number of rotatable bonds is 3. The van der Waals surface area contributed by atoms with Crippen LogP contribution in [0.15, 0.2) is 27.6 Å². The van der Waals surface area contributed by atoms with Crippen molar-refractivity contribution < 1.29 is 22.5 Å². The summed E-state index contributed by atoms with van der Waals surface area (Å²) in [5.41, 5.74) is -0.617. The van der Waals surface area contributed by atoms with Gasteiger partial charge in [0.05, 0.1) is 28.8 Å². The van der Waals surface area contributed by atoms with Crippen LogP contribution in [-0.2, 0) is 12.7 Å². The van der Waals surface area contributed by atoms with E-state index in [9.17, 15) is 28.1 Å². The average molecular weight is 372 g/mol. The number of hydrogen-bond donors (Lipinski definition) is 0. The van der Waals surface area contributed by atoms with Gasteiger partial charge in [-0.15, -0.1) is 0 Å². The van der Waals surface area contributed by atoms with Crippen molar-refractivity contribution in [2.24, 2.45) is 0 Å². The van der Waals surface area contributed by atoms with Crippen molar-refractivity contribution in [2.75, 3.05) is 0 Å². The molecule has 0 aliphatic heterocycles. The molecule has 3 aromatic rings. The third kappa shape index (κ3) is 2.93. The molecule has 2 heterocycles. The van der Waals surface area contributed by atoms with Crippen molar-refractivity contribution in [2.45, 2.75) is 26.6 Å². The fourth-order valence-electron chi connectivity index (χ4n) is 2.58. The number of fused-ring (bicyclic) bond motifs is 1. The second kappa shape index (κ2) is 5.73. The lowest BCUT2D eigenvalue weighted by molar-refractivity contribution is -0.383. The van der Waals surface area contributed by atoms with E-state index in [4.69, 9.17) is 4.42 Å². The predicted molar refractivity (Wildman–Crippen MR) is 85.0 cm³/mol. The van der Waals surface area contributed by atoms with Gasteiger partial charge in [0.1, 0.15) is 10.5 Å². The lowest BCUT2D eigenvalue weighted by Crippen LogP contribution is -2.15. The summed E-state index contributed by atoms with van der Waals surface area (Å²) < 4.78 is 45.5. The summed E-state index contributed by atoms with van der Waals surface area (Å²) in [6.07, 6.45) is -3.28. The van der Waals surface area contributed by atoms with Gasteiger partial charge in [-0.2, -0.15) is 13.2 Å². The van der Waals surface area contributed by atoms with Gasteiger partial charge >= 0.3 is 11.0 Å². The molecule has 3 rings (SSSR count). The maximum atomic E-state index is 13.1. The predicted octanol–water partition coefficient (Wildman–Crippen LogP) is 4.25. The van der Waals surface area contributed by atoms with Crippen molar-refractivity contribution >= 4 is 27.2 Å². The number of furan rings is 1. The number of aryl methyl sites for hydroxylation is 2. The Kier molecular flexibility index (Phi) is 3.94. The minimum atomic E-state index is -4.76. The first kappa shape index (κ1) is 17.2. The SMILES string of the molecule is Cc1coc(C)c1Cn1c(=O)sc2c([N+](=O)[O-])cc(C(F)(F)F)cc21. The van der Waals surface area contributed by atoms with Gasteiger partial charge in [-0.05, 0) is 25.5 Å². The van der Waals surface area contributed by atoms with E-state index < -0.39 is 27.2 Å². The highest BCUT2D eigenvalue weighted by Gasteiger charge is 2.34. The Balaban J connectivity index is 2.29. The van der Waals surface area contributed by atoms with Crippen molar-refractivity contribution in [3.8, 4) is 0 Å². The molecule has 0 unspecified atom stereocenters. The highest BCUT2D eigenvalue weighted by atomic mass is 32.1. The minimum absolute atomic E-state index is 0.0224. The molecule has 0 N–H and O–H groups in total. The van der Waals surface area contributed by atoms with Crippen LogP contribution >= 0.6 is 11.3 Å². The van der Waals surface area contributed by atoms with Crippen molar-refractivity contribution in [1.29, 1.82) is 0 Å². The molecular weight excluding hydrogens is 361 g/mol. The number of hydrogen-bond acceptors (Lipinski definition) is 5. The van der Waals surface area contributed by atoms with Crippen LogP contribution in [0.3, 0.4) is 0 Å². The standard InChI is InChI=1S/C15H11F3N2O4S/c1-7-6-24-8(2)10(7)5-19-11-3-9(15(16,17)18)4-12(20(22)23)13(11)25-14(19)21/h3-4,6H,5H2,1-2H3. The fraction of sp³-hybridized carbons (Fsp3) is 0.267. The van der Waals surface area contributed by atoms with E-state index in [2.05, 4.69) is 0 Å². The lowest BCUT2D eigenvalue weighted by atomic mass is 10.1. The Hall–Kier alpha value is -2.62. The molecule has 132 valence electrons. The van der Waals surface area contributed by atoms with E-state index in [0.29, 0.717) is 28.7 Å². The molecule has 0 aliphatic rings. The highest BCUT2D eigenvalue weighted by molar-refractivity contribution is 7.17. The Labute approximate surface area is 142 Å². The molecular formula is C15H11F3N2O4S. The van der Waals surface area contributed by atoms with Crippen molar-refractivity contribution in [3.05, 3.63) is 60.6 Å². The van der Waals surface area contributed by atoms with Crippen molar-refractivity contribution in [3.63, 3.8) is 0 Å². The molecule has 0 fully saturated rings. The van der Waals surface area contributed by atoms with Crippen molar-refractivity contribution in [1.82, 2.24) is 4.57 Å². The molecule has 0 atom stereocenters. The van der Waals surface area contributed by atoms with Crippen LogP contribution in [0.5, 0.6) is 0 Å². The summed E-state index contributed by atoms with van der Waals surface area (Å²) in [7, 11) is 0. The molecule has 0 saturated carbocycles. The molecule has 1 aromatic carbocycles. The smallest absolute Gasteiger partial charge is 0.416 e. The molecule has 0 spiro atoms. The number of alkyl halides is 3. The van der Waals surface area contributed by atoms with Crippen LogP contribution in [0.2, 0.25) is 0 Å². The quantitative estimate of drug-likeness (QED) is 0.509. The van der Waals surface area contributed by atoms with E-state index >= 15 is 0 Å². The van der Waals surface area contributed by atoms with E-state index in [1.165, 1.54) is 6.26 Å². The number of nitro groups is 1. The number of aromatic nitrogens is 1. The summed E-state index contributed by atoms with van der Waals surface area (Å²) in [6.45, 7) is 3.39. The second-order valence-corrected chi connectivity index (χ2v) is 6.47. The zero-order chi connectivity index (χ0) is 18.5. The summed E-state index contributed by atoms with van der Waals surface area (Å²) >= 11 is 0.554. The third-order valence-electron chi connectivity index (χ3n) is 3.90. The third-order valence-corrected chi connectivity index (χ3v) is 4.92. The first-order valence-electron chi connectivity index (χ1n) is 7.02. The number of non-ortho nitro benzene ring substituents is 1. The molecule has 25 heavy (non-hydrogen) atoms. The zero-order valence-electron chi connectivity index (χ0n) is 13.0. The molecule has 0 saturated heterocycles. The number of thiazole rings is 1. The Bertz CT molecular complexity index is 1030. The van der Waals surface area contributed by atoms with Crippen LogP contribution in [0.1, 0.15) is 22.5 Å². The Morgan fingerprint density at radius 1 is 1.32 bits per heavy atom. The number of halogens is 3. The molecule has 2 aromatic heterocycles. The maximum absolute atomic E-state index is 13.1. The maximum Gasteiger partial charge on any atom is 0.416 e. The van der Waals surface area contributed by atoms with Gasteiger partial charge in [0.2, 0.25) is 0 Å². The lowest BCUT2D eigenvalue weighted by Gasteiger charge is -2.09. The first-order chi connectivity index (χ1) is 11.6. The minimum Gasteiger partial charge on any atom is -0.469 e. The average Bonchev–Trinajstić information content (AvgIpc) is 2.99. The second-order valence-electron chi connectivity index (χ2n) is 5.51. The summed E-state index contributed by atoms with van der Waals surface area (Å²) in [5.74, 6) is 0.533. The Morgan fingerprint density at radius 2 is 2.00 bits per heavy atom. The van der Waals surface area contributed by atoms with Gasteiger partial charge in [0.15, 0.2) is 0 Å². The Morgan fingerprint density at radius 3 is 2.52 bits per heavy atom. The molecule has 0 amide bonds. The highest BCUT2D eigenvalue weighted by Crippen LogP contribution is 2.37. The summed E-state index contributed by atoms with van der Waals surface area (Å²) in [6, 6.07) is 1.22.